The Morgan fingerprint density at radius 2 is 1.72 bits per heavy atom. The highest BCUT2D eigenvalue weighted by atomic mass is 32.2. The minimum absolute atomic E-state index is 0.299. The second-order valence-corrected chi connectivity index (χ2v) is 8.78. The number of hydrogen-bond acceptors (Lipinski definition) is 4. The van der Waals surface area contributed by atoms with Gasteiger partial charge in [0.25, 0.3) is 0 Å². The molecule has 0 fully saturated rings. The van der Waals surface area contributed by atoms with E-state index in [-0.39, 0.29) is 0 Å². The van der Waals surface area contributed by atoms with Gasteiger partial charge < -0.3 is 4.84 Å². The van der Waals surface area contributed by atoms with Crippen molar-refractivity contribution in [1.29, 1.82) is 0 Å². The third kappa shape index (κ3) is 9.54. The van der Waals surface area contributed by atoms with E-state index in [1.165, 1.54) is 17.3 Å². The number of thioether (sulfide) groups is 2. The number of hydroxylamine groups is 2. The SMILES string of the molecule is CON(CC(C)(C)CSCCSC(C)C)C(C)C. The monoisotopic (exact) mass is 293 g/mol. The highest BCUT2D eigenvalue weighted by Gasteiger charge is 2.23. The summed E-state index contributed by atoms with van der Waals surface area (Å²) in [5.74, 6) is 3.70. The summed E-state index contributed by atoms with van der Waals surface area (Å²) in [7, 11) is 1.77. The normalized spacial score (nSPS) is 13.0. The number of hydrogen-bond donors (Lipinski definition) is 0. The van der Waals surface area contributed by atoms with Gasteiger partial charge in [0, 0.05) is 24.1 Å². The first-order valence-electron chi connectivity index (χ1n) is 6.78. The average Bonchev–Trinajstić information content (AvgIpc) is 2.24. The maximum absolute atomic E-state index is 5.43. The standard InChI is InChI=1S/C14H31NOS2/c1-12(2)15(16-7)10-14(5,6)11-17-8-9-18-13(3)4/h12-13H,8-11H2,1-7H3. The Balaban J connectivity index is 3.85. The van der Waals surface area contributed by atoms with E-state index in [2.05, 4.69) is 58.4 Å². The van der Waals surface area contributed by atoms with E-state index in [0.29, 0.717) is 11.5 Å². The van der Waals surface area contributed by atoms with Gasteiger partial charge in [0.05, 0.1) is 7.11 Å². The van der Waals surface area contributed by atoms with Crippen molar-refractivity contribution in [3.8, 4) is 0 Å². The molecule has 0 aromatic heterocycles. The van der Waals surface area contributed by atoms with Crippen LogP contribution in [0.1, 0.15) is 41.5 Å². The average molecular weight is 294 g/mol. The van der Waals surface area contributed by atoms with Crippen LogP contribution in [0.25, 0.3) is 0 Å². The predicted molar refractivity (Wildman–Crippen MR) is 87.6 cm³/mol. The molecule has 0 rings (SSSR count). The van der Waals surface area contributed by atoms with Crippen molar-refractivity contribution < 1.29 is 4.84 Å². The Bertz CT molecular complexity index is 208. The second-order valence-electron chi connectivity index (χ2n) is 5.99. The van der Waals surface area contributed by atoms with Gasteiger partial charge in [-0.1, -0.05) is 27.7 Å². The summed E-state index contributed by atoms with van der Waals surface area (Å²) < 4.78 is 0. The van der Waals surface area contributed by atoms with E-state index >= 15 is 0 Å². The molecule has 0 saturated carbocycles. The first-order valence-corrected chi connectivity index (χ1v) is 8.99. The summed E-state index contributed by atoms with van der Waals surface area (Å²) in [5, 5.41) is 2.83. The molecule has 0 heterocycles. The molecule has 4 heteroatoms. The minimum Gasteiger partial charge on any atom is -0.302 e. The second kappa shape index (κ2) is 9.51. The molecule has 0 spiro atoms. The Morgan fingerprint density at radius 1 is 1.11 bits per heavy atom. The van der Waals surface area contributed by atoms with E-state index in [1.54, 1.807) is 7.11 Å². The van der Waals surface area contributed by atoms with Gasteiger partial charge in [-0.25, -0.2) is 0 Å². The molecule has 0 aromatic rings. The van der Waals surface area contributed by atoms with Gasteiger partial charge in [-0.2, -0.15) is 28.6 Å². The highest BCUT2D eigenvalue weighted by molar-refractivity contribution is 8.03. The van der Waals surface area contributed by atoms with Crippen LogP contribution in [0.2, 0.25) is 0 Å². The zero-order chi connectivity index (χ0) is 14.2. The van der Waals surface area contributed by atoms with Crippen molar-refractivity contribution in [3.05, 3.63) is 0 Å². The van der Waals surface area contributed by atoms with Gasteiger partial charge >= 0.3 is 0 Å². The molecule has 0 N–H and O–H groups in total. The van der Waals surface area contributed by atoms with Crippen LogP contribution in [0.4, 0.5) is 0 Å². The van der Waals surface area contributed by atoms with Gasteiger partial charge in [0.2, 0.25) is 0 Å². The van der Waals surface area contributed by atoms with Crippen LogP contribution in [0.5, 0.6) is 0 Å². The first-order chi connectivity index (χ1) is 8.28. The van der Waals surface area contributed by atoms with Crippen LogP contribution in [0, 0.1) is 5.41 Å². The Labute approximate surface area is 123 Å². The fourth-order valence-electron chi connectivity index (χ4n) is 1.62. The van der Waals surface area contributed by atoms with Crippen LogP contribution in [-0.4, -0.2) is 47.3 Å². The maximum Gasteiger partial charge on any atom is 0.0575 e. The lowest BCUT2D eigenvalue weighted by atomic mass is 9.96. The van der Waals surface area contributed by atoms with E-state index in [9.17, 15) is 0 Å². The fourth-order valence-corrected chi connectivity index (χ4v) is 3.73. The molecule has 18 heavy (non-hydrogen) atoms. The fraction of sp³-hybridized carbons (Fsp3) is 1.00. The number of rotatable bonds is 10. The molecule has 0 amide bonds. The molecule has 0 aromatic carbocycles. The zero-order valence-corrected chi connectivity index (χ0v) is 14.8. The lowest BCUT2D eigenvalue weighted by molar-refractivity contribution is -0.167. The van der Waals surface area contributed by atoms with Gasteiger partial charge in [0.15, 0.2) is 0 Å². The van der Waals surface area contributed by atoms with Gasteiger partial charge in [0.1, 0.15) is 0 Å². The lowest BCUT2D eigenvalue weighted by Crippen LogP contribution is -2.39. The van der Waals surface area contributed by atoms with Crippen LogP contribution in [0.15, 0.2) is 0 Å². The van der Waals surface area contributed by atoms with E-state index in [1.807, 2.05) is 11.8 Å². The smallest absolute Gasteiger partial charge is 0.0575 e. The summed E-state index contributed by atoms with van der Waals surface area (Å²) in [6.07, 6.45) is 0. The van der Waals surface area contributed by atoms with Crippen LogP contribution in [-0.2, 0) is 4.84 Å². The topological polar surface area (TPSA) is 12.5 Å². The van der Waals surface area contributed by atoms with Crippen molar-refractivity contribution >= 4 is 23.5 Å². The Morgan fingerprint density at radius 3 is 2.17 bits per heavy atom. The van der Waals surface area contributed by atoms with E-state index in [0.717, 1.165) is 11.8 Å². The van der Waals surface area contributed by atoms with E-state index in [4.69, 9.17) is 4.84 Å². The third-order valence-electron chi connectivity index (χ3n) is 2.57. The van der Waals surface area contributed by atoms with Crippen molar-refractivity contribution in [2.45, 2.75) is 52.8 Å². The molecule has 0 atom stereocenters. The van der Waals surface area contributed by atoms with E-state index < -0.39 is 0 Å². The zero-order valence-electron chi connectivity index (χ0n) is 13.2. The number of nitrogens with zero attached hydrogens (tertiary/aromatic N) is 1. The van der Waals surface area contributed by atoms with Crippen LogP contribution < -0.4 is 0 Å². The summed E-state index contributed by atoms with van der Waals surface area (Å²) in [5.41, 5.74) is 0.299. The van der Waals surface area contributed by atoms with Gasteiger partial charge in [-0.05, 0) is 30.3 Å². The van der Waals surface area contributed by atoms with Crippen molar-refractivity contribution in [2.24, 2.45) is 5.41 Å². The molecule has 0 unspecified atom stereocenters. The molecular weight excluding hydrogens is 262 g/mol. The molecular formula is C14H31NOS2. The highest BCUT2D eigenvalue weighted by Crippen LogP contribution is 2.25. The molecule has 0 aliphatic carbocycles. The quantitative estimate of drug-likeness (QED) is 0.443. The van der Waals surface area contributed by atoms with Crippen molar-refractivity contribution in [1.82, 2.24) is 5.06 Å². The van der Waals surface area contributed by atoms with Crippen molar-refractivity contribution in [3.63, 3.8) is 0 Å². The predicted octanol–water partition coefficient (Wildman–Crippen LogP) is 4.16. The Hall–Kier alpha value is 0.620. The summed E-state index contributed by atoms with van der Waals surface area (Å²) in [4.78, 5) is 5.43. The van der Waals surface area contributed by atoms with Crippen LogP contribution >= 0.6 is 23.5 Å². The lowest BCUT2D eigenvalue weighted by Gasteiger charge is -2.33. The van der Waals surface area contributed by atoms with Crippen LogP contribution in [0.3, 0.4) is 0 Å². The third-order valence-corrected chi connectivity index (χ3v) is 5.41. The minimum atomic E-state index is 0.299. The summed E-state index contributed by atoms with van der Waals surface area (Å²) in [6.45, 7) is 14.5. The maximum atomic E-state index is 5.43. The molecule has 0 bridgehead atoms. The summed E-state index contributed by atoms with van der Waals surface area (Å²) in [6, 6.07) is 0.441. The molecule has 0 aliphatic heterocycles. The first kappa shape index (κ1) is 18.6. The molecule has 2 nitrogen and oxygen atoms in total. The molecule has 0 saturated heterocycles. The van der Waals surface area contributed by atoms with Crippen molar-refractivity contribution in [2.75, 3.05) is 30.9 Å². The summed E-state index contributed by atoms with van der Waals surface area (Å²) >= 11 is 4.11. The largest absolute Gasteiger partial charge is 0.302 e. The Kier molecular flexibility index (Phi) is 9.84. The molecule has 0 radical (unpaired) electrons. The van der Waals surface area contributed by atoms with Gasteiger partial charge in [-0.3, -0.25) is 0 Å². The van der Waals surface area contributed by atoms with Gasteiger partial charge in [-0.15, -0.1) is 0 Å². The molecule has 0 aliphatic rings. The molecule has 110 valence electrons.